The second-order valence-corrected chi connectivity index (χ2v) is 6.98. The highest BCUT2D eigenvalue weighted by atomic mass is 19.1. The molecule has 142 valence electrons. The summed E-state index contributed by atoms with van der Waals surface area (Å²) in [5.74, 6) is -0.849. The largest absolute Gasteiger partial charge is 0.390 e. The number of benzene rings is 2. The zero-order chi connectivity index (χ0) is 19.4. The first-order chi connectivity index (χ1) is 12.9. The third-order valence-electron chi connectivity index (χ3n) is 4.40. The van der Waals surface area contributed by atoms with Gasteiger partial charge in [0.15, 0.2) is 6.10 Å². The Labute approximate surface area is 157 Å². The minimum atomic E-state index is -0.330. The molecule has 2 aromatic carbocycles. The van der Waals surface area contributed by atoms with Gasteiger partial charge in [-0.25, -0.2) is 8.78 Å². The predicted octanol–water partition coefficient (Wildman–Crippen LogP) is 4.14. The van der Waals surface area contributed by atoms with E-state index in [1.165, 1.54) is 24.3 Å². The van der Waals surface area contributed by atoms with E-state index in [0.717, 1.165) is 16.8 Å². The van der Waals surface area contributed by atoms with E-state index in [-0.39, 0.29) is 29.6 Å². The number of rotatable bonds is 6. The Kier molecular flexibility index (Phi) is 5.84. The van der Waals surface area contributed by atoms with E-state index in [1.807, 2.05) is 13.8 Å². The molecule has 1 aliphatic heterocycles. The van der Waals surface area contributed by atoms with Gasteiger partial charge in [-0.05, 0) is 35.4 Å². The molecule has 0 saturated heterocycles. The second kappa shape index (κ2) is 8.29. The molecule has 1 amide bonds. The van der Waals surface area contributed by atoms with Gasteiger partial charge >= 0.3 is 0 Å². The first-order valence-electron chi connectivity index (χ1n) is 8.94. The van der Waals surface area contributed by atoms with Crippen LogP contribution >= 0.6 is 0 Å². The topological polar surface area (TPSA) is 41.9 Å². The van der Waals surface area contributed by atoms with Gasteiger partial charge in [0.1, 0.15) is 11.6 Å². The van der Waals surface area contributed by atoms with Crippen LogP contribution < -0.4 is 0 Å². The number of nitrogens with zero attached hydrogens (tertiary/aromatic N) is 2. The van der Waals surface area contributed by atoms with Gasteiger partial charge in [-0.2, -0.15) is 0 Å². The molecule has 0 bridgehead atoms. The van der Waals surface area contributed by atoms with Crippen LogP contribution in [0.3, 0.4) is 0 Å². The average Bonchev–Trinajstić information content (AvgIpc) is 3.09. The van der Waals surface area contributed by atoms with Crippen molar-refractivity contribution >= 4 is 11.6 Å². The van der Waals surface area contributed by atoms with Gasteiger partial charge in [-0.15, -0.1) is 0 Å². The zero-order valence-corrected chi connectivity index (χ0v) is 15.4. The van der Waals surface area contributed by atoms with Crippen LogP contribution in [-0.2, 0) is 16.2 Å². The second-order valence-electron chi connectivity index (χ2n) is 6.98. The highest BCUT2D eigenvalue weighted by Crippen LogP contribution is 2.20. The highest BCUT2D eigenvalue weighted by molar-refractivity contribution is 6.01. The normalized spacial score (nSPS) is 16.2. The molecule has 0 saturated carbocycles. The summed E-state index contributed by atoms with van der Waals surface area (Å²) in [5.41, 5.74) is 2.25. The van der Waals surface area contributed by atoms with Crippen LogP contribution in [0, 0.1) is 17.6 Å². The van der Waals surface area contributed by atoms with Crippen molar-refractivity contribution in [3.05, 3.63) is 71.3 Å². The number of amides is 1. The monoisotopic (exact) mass is 372 g/mol. The lowest BCUT2D eigenvalue weighted by molar-refractivity contribution is -0.137. The van der Waals surface area contributed by atoms with Crippen LogP contribution in [0.1, 0.15) is 31.4 Å². The van der Waals surface area contributed by atoms with Gasteiger partial charge in [0.05, 0.1) is 12.3 Å². The van der Waals surface area contributed by atoms with Crippen molar-refractivity contribution in [2.45, 2.75) is 32.9 Å². The molecular weight excluding hydrogens is 350 g/mol. The van der Waals surface area contributed by atoms with Gasteiger partial charge in [0.25, 0.3) is 0 Å². The maximum absolute atomic E-state index is 13.5. The maximum atomic E-state index is 13.5. The summed E-state index contributed by atoms with van der Waals surface area (Å²) >= 11 is 0. The molecule has 0 spiro atoms. The summed E-state index contributed by atoms with van der Waals surface area (Å²) in [6.07, 6.45) is 0.234. The molecular formula is C21H22F2N2O2. The maximum Gasteiger partial charge on any atom is 0.225 e. The Morgan fingerprint density at radius 1 is 1.19 bits per heavy atom. The molecule has 2 aromatic rings. The van der Waals surface area contributed by atoms with Crippen LogP contribution in [-0.4, -0.2) is 29.2 Å². The lowest BCUT2D eigenvalue weighted by Crippen LogP contribution is -2.39. The molecule has 1 heterocycles. The average molecular weight is 372 g/mol. The number of hydrogen-bond acceptors (Lipinski definition) is 3. The van der Waals surface area contributed by atoms with Gasteiger partial charge < -0.3 is 9.74 Å². The van der Waals surface area contributed by atoms with E-state index < -0.39 is 0 Å². The quantitative estimate of drug-likeness (QED) is 0.765. The highest BCUT2D eigenvalue weighted by Gasteiger charge is 2.27. The molecule has 1 aliphatic rings. The fraction of sp³-hybridized carbons (Fsp3) is 0.333. The van der Waals surface area contributed by atoms with Crippen molar-refractivity contribution in [2.24, 2.45) is 11.1 Å². The first-order valence-corrected chi connectivity index (χ1v) is 8.94. The van der Waals surface area contributed by atoms with Crippen LogP contribution in [0.4, 0.5) is 8.78 Å². The van der Waals surface area contributed by atoms with Crippen LogP contribution in [0.25, 0.3) is 0 Å². The number of hydrogen-bond donors (Lipinski definition) is 0. The Hall–Kier alpha value is -2.76. The fourth-order valence-corrected chi connectivity index (χ4v) is 3.04. The predicted molar refractivity (Wildman–Crippen MR) is 99.1 cm³/mol. The number of halogens is 2. The van der Waals surface area contributed by atoms with E-state index >= 15 is 0 Å². The number of carbonyl (C=O) groups excluding carboxylic acids is 1. The van der Waals surface area contributed by atoms with E-state index in [1.54, 1.807) is 29.2 Å². The van der Waals surface area contributed by atoms with Crippen molar-refractivity contribution in [1.29, 1.82) is 0 Å². The minimum absolute atomic E-state index is 0.0295. The standard InChI is InChI=1S/C21H22F2N2O2/c1-14(2)21(26)25(12-15-4-3-5-18(23)10-15)13-19-11-20(24-27-19)16-6-8-17(22)9-7-16/h3-10,14,19H,11-13H2,1-2H3. The zero-order valence-electron chi connectivity index (χ0n) is 15.4. The molecule has 3 rings (SSSR count). The lowest BCUT2D eigenvalue weighted by atomic mass is 10.0. The van der Waals surface area contributed by atoms with E-state index in [0.29, 0.717) is 19.5 Å². The number of oxime groups is 1. The summed E-state index contributed by atoms with van der Waals surface area (Å²) in [4.78, 5) is 19.8. The minimum Gasteiger partial charge on any atom is -0.390 e. The summed E-state index contributed by atoms with van der Waals surface area (Å²) in [6, 6.07) is 12.3. The third-order valence-corrected chi connectivity index (χ3v) is 4.40. The molecule has 6 heteroatoms. The molecule has 0 fully saturated rings. The van der Waals surface area contributed by atoms with Crippen molar-refractivity contribution in [1.82, 2.24) is 4.90 Å². The fourth-order valence-electron chi connectivity index (χ4n) is 3.04. The van der Waals surface area contributed by atoms with Crippen LogP contribution in [0.15, 0.2) is 53.7 Å². The van der Waals surface area contributed by atoms with E-state index in [4.69, 9.17) is 4.84 Å². The Bertz CT molecular complexity index is 834. The first kappa shape index (κ1) is 19.0. The summed E-state index contributed by atoms with van der Waals surface area (Å²) < 4.78 is 26.6. The lowest BCUT2D eigenvalue weighted by Gasteiger charge is -2.26. The summed E-state index contributed by atoms with van der Waals surface area (Å²) in [7, 11) is 0. The molecule has 0 aliphatic carbocycles. The van der Waals surface area contributed by atoms with Gasteiger partial charge in [-0.3, -0.25) is 4.79 Å². The van der Waals surface area contributed by atoms with Gasteiger partial charge in [0.2, 0.25) is 5.91 Å². The van der Waals surface area contributed by atoms with Crippen molar-refractivity contribution in [2.75, 3.05) is 6.54 Å². The molecule has 0 radical (unpaired) electrons. The molecule has 1 unspecified atom stereocenters. The van der Waals surface area contributed by atoms with E-state index in [9.17, 15) is 13.6 Å². The van der Waals surface area contributed by atoms with Gasteiger partial charge in [0, 0.05) is 18.9 Å². The Morgan fingerprint density at radius 2 is 1.93 bits per heavy atom. The van der Waals surface area contributed by atoms with E-state index in [2.05, 4.69) is 5.16 Å². The molecule has 27 heavy (non-hydrogen) atoms. The molecule has 1 atom stereocenters. The van der Waals surface area contributed by atoms with Crippen molar-refractivity contribution in [3.8, 4) is 0 Å². The molecule has 0 aromatic heterocycles. The van der Waals surface area contributed by atoms with Crippen molar-refractivity contribution in [3.63, 3.8) is 0 Å². The van der Waals surface area contributed by atoms with Gasteiger partial charge in [-0.1, -0.05) is 43.3 Å². The number of carbonyl (C=O) groups is 1. The van der Waals surface area contributed by atoms with Crippen LogP contribution in [0.5, 0.6) is 0 Å². The summed E-state index contributed by atoms with van der Waals surface area (Å²) in [5, 5.41) is 4.09. The molecule has 4 nitrogen and oxygen atoms in total. The Morgan fingerprint density at radius 3 is 2.59 bits per heavy atom. The van der Waals surface area contributed by atoms with Crippen molar-refractivity contribution < 1.29 is 18.4 Å². The smallest absolute Gasteiger partial charge is 0.225 e. The third kappa shape index (κ3) is 4.90. The summed E-state index contributed by atoms with van der Waals surface area (Å²) in [6.45, 7) is 4.32. The molecule has 0 N–H and O–H groups in total. The SMILES string of the molecule is CC(C)C(=O)N(Cc1cccc(F)c1)CC1CC(c2ccc(F)cc2)=NO1. The Balaban J connectivity index is 1.68. The van der Waals surface area contributed by atoms with Crippen LogP contribution in [0.2, 0.25) is 0 Å².